The molecule has 0 aromatic rings. The van der Waals surface area contributed by atoms with Gasteiger partial charge >= 0.3 is 0 Å². The fourth-order valence-electron chi connectivity index (χ4n) is 2.79. The number of piperidine rings is 1. The summed E-state index contributed by atoms with van der Waals surface area (Å²) in [5.41, 5.74) is 0.642. The minimum atomic E-state index is 0.439. The molecule has 14 heavy (non-hydrogen) atoms. The van der Waals surface area contributed by atoms with E-state index in [2.05, 4.69) is 36.4 Å². The van der Waals surface area contributed by atoms with E-state index in [1.165, 1.54) is 45.4 Å². The molecule has 0 bridgehead atoms. The van der Waals surface area contributed by atoms with Crippen molar-refractivity contribution in [1.29, 1.82) is 0 Å². The zero-order valence-corrected chi connectivity index (χ0v) is 10.3. The number of hydrogen-bond acceptors (Lipinski definition) is 3. The first-order chi connectivity index (χ1) is 6.61. The van der Waals surface area contributed by atoms with Crippen LogP contribution in [0.4, 0.5) is 0 Å². The van der Waals surface area contributed by atoms with Gasteiger partial charge in [-0.2, -0.15) is 12.6 Å². The molecule has 0 aromatic heterocycles. The van der Waals surface area contributed by atoms with Crippen LogP contribution < -0.4 is 0 Å². The van der Waals surface area contributed by atoms with Crippen LogP contribution >= 0.6 is 12.6 Å². The molecule has 2 rings (SSSR count). The molecule has 2 aliphatic heterocycles. The van der Waals surface area contributed by atoms with Crippen LogP contribution in [0.1, 0.15) is 26.2 Å². The van der Waals surface area contributed by atoms with Crippen molar-refractivity contribution >= 4 is 12.6 Å². The molecule has 0 N–H and O–H groups in total. The summed E-state index contributed by atoms with van der Waals surface area (Å²) >= 11 is 4.53. The Bertz CT molecular complexity index is 197. The third-order valence-corrected chi connectivity index (χ3v) is 4.37. The van der Waals surface area contributed by atoms with Gasteiger partial charge in [0.05, 0.1) is 0 Å². The standard InChI is InChI=1S/C11H22N2S/c1-10(14)13-8-5-11(9-13)3-6-12(2)7-4-11/h10,14H,3-9H2,1-2H3. The minimum absolute atomic E-state index is 0.439. The van der Waals surface area contributed by atoms with E-state index in [9.17, 15) is 0 Å². The molecule has 1 unspecified atom stereocenters. The van der Waals surface area contributed by atoms with E-state index < -0.39 is 0 Å². The van der Waals surface area contributed by atoms with Crippen LogP contribution in [0.5, 0.6) is 0 Å². The third-order valence-electron chi connectivity index (χ3n) is 4.04. The van der Waals surface area contributed by atoms with Crippen LogP contribution in [-0.2, 0) is 0 Å². The van der Waals surface area contributed by atoms with E-state index in [-0.39, 0.29) is 0 Å². The predicted molar refractivity (Wildman–Crippen MR) is 63.8 cm³/mol. The smallest absolute Gasteiger partial charge is 0.0499 e. The van der Waals surface area contributed by atoms with Crippen LogP contribution in [0.2, 0.25) is 0 Å². The molecule has 0 aliphatic carbocycles. The molecule has 1 atom stereocenters. The van der Waals surface area contributed by atoms with Crippen LogP contribution in [0.25, 0.3) is 0 Å². The highest BCUT2D eigenvalue weighted by Crippen LogP contribution is 2.40. The Morgan fingerprint density at radius 2 is 1.71 bits per heavy atom. The number of thiol groups is 1. The number of rotatable bonds is 1. The first kappa shape index (κ1) is 10.8. The van der Waals surface area contributed by atoms with E-state index in [1.54, 1.807) is 0 Å². The molecule has 2 saturated heterocycles. The van der Waals surface area contributed by atoms with Gasteiger partial charge in [0.15, 0.2) is 0 Å². The second-order valence-electron chi connectivity index (χ2n) is 5.16. The number of likely N-dealkylation sites (tertiary alicyclic amines) is 2. The molecule has 0 aromatic carbocycles. The van der Waals surface area contributed by atoms with Gasteiger partial charge in [-0.25, -0.2) is 0 Å². The Kier molecular flexibility index (Phi) is 3.10. The van der Waals surface area contributed by atoms with Gasteiger partial charge in [0.25, 0.3) is 0 Å². The van der Waals surface area contributed by atoms with E-state index >= 15 is 0 Å². The molecule has 2 aliphatic rings. The monoisotopic (exact) mass is 214 g/mol. The zero-order valence-electron chi connectivity index (χ0n) is 9.37. The minimum Gasteiger partial charge on any atom is -0.306 e. The summed E-state index contributed by atoms with van der Waals surface area (Å²) in [7, 11) is 2.24. The van der Waals surface area contributed by atoms with Crippen LogP contribution in [0, 0.1) is 5.41 Å². The van der Waals surface area contributed by atoms with Gasteiger partial charge in [0.1, 0.15) is 0 Å². The van der Waals surface area contributed by atoms with Crippen LogP contribution in [0.15, 0.2) is 0 Å². The Morgan fingerprint density at radius 3 is 2.21 bits per heavy atom. The molecule has 0 radical (unpaired) electrons. The second-order valence-corrected chi connectivity index (χ2v) is 5.90. The lowest BCUT2D eigenvalue weighted by molar-refractivity contribution is 0.125. The summed E-state index contributed by atoms with van der Waals surface area (Å²) in [6.45, 7) is 7.31. The van der Waals surface area contributed by atoms with E-state index in [1.807, 2.05) is 0 Å². The van der Waals surface area contributed by atoms with Gasteiger partial charge in [-0.1, -0.05) is 0 Å². The van der Waals surface area contributed by atoms with Crippen molar-refractivity contribution in [2.24, 2.45) is 5.41 Å². The highest BCUT2D eigenvalue weighted by Gasteiger charge is 2.40. The predicted octanol–water partition coefficient (Wildman–Crippen LogP) is 1.68. The average Bonchev–Trinajstić information content (AvgIpc) is 2.56. The molecule has 2 nitrogen and oxygen atoms in total. The van der Waals surface area contributed by atoms with Crippen molar-refractivity contribution in [1.82, 2.24) is 9.80 Å². The summed E-state index contributed by atoms with van der Waals surface area (Å²) in [6, 6.07) is 0. The summed E-state index contributed by atoms with van der Waals surface area (Å²) in [4.78, 5) is 4.98. The Balaban J connectivity index is 1.93. The molecule has 3 heteroatoms. The van der Waals surface area contributed by atoms with Gasteiger partial charge < -0.3 is 4.90 Å². The van der Waals surface area contributed by atoms with Crippen LogP contribution in [0.3, 0.4) is 0 Å². The van der Waals surface area contributed by atoms with Crippen molar-refractivity contribution in [2.45, 2.75) is 31.6 Å². The largest absolute Gasteiger partial charge is 0.306 e. The fourth-order valence-corrected chi connectivity index (χ4v) is 2.99. The second kappa shape index (κ2) is 4.03. The maximum atomic E-state index is 4.53. The quantitative estimate of drug-likeness (QED) is 0.664. The Morgan fingerprint density at radius 1 is 1.14 bits per heavy atom. The highest BCUT2D eigenvalue weighted by molar-refractivity contribution is 7.80. The average molecular weight is 214 g/mol. The highest BCUT2D eigenvalue weighted by atomic mass is 32.1. The van der Waals surface area contributed by atoms with Crippen molar-refractivity contribution in [3.63, 3.8) is 0 Å². The van der Waals surface area contributed by atoms with Gasteiger partial charge in [-0.05, 0) is 58.3 Å². The topological polar surface area (TPSA) is 6.48 Å². The molecule has 0 saturated carbocycles. The normalized spacial score (nSPS) is 31.1. The summed E-state index contributed by atoms with van der Waals surface area (Å²) in [5.74, 6) is 0. The summed E-state index contributed by atoms with van der Waals surface area (Å²) in [6.07, 6.45) is 4.17. The van der Waals surface area contributed by atoms with Crippen LogP contribution in [-0.4, -0.2) is 48.4 Å². The van der Waals surface area contributed by atoms with Gasteiger partial charge in [0, 0.05) is 11.9 Å². The molecule has 2 fully saturated rings. The molecular weight excluding hydrogens is 192 g/mol. The molecular formula is C11H22N2S. The maximum absolute atomic E-state index is 4.53. The van der Waals surface area contributed by atoms with Gasteiger partial charge in [-0.15, -0.1) is 0 Å². The van der Waals surface area contributed by atoms with Crippen molar-refractivity contribution in [2.75, 3.05) is 33.2 Å². The fraction of sp³-hybridized carbons (Fsp3) is 1.00. The lowest BCUT2D eigenvalue weighted by Crippen LogP contribution is -2.40. The summed E-state index contributed by atoms with van der Waals surface area (Å²) < 4.78 is 0. The molecule has 1 spiro atoms. The van der Waals surface area contributed by atoms with Gasteiger partial charge in [-0.3, -0.25) is 4.90 Å². The van der Waals surface area contributed by atoms with Gasteiger partial charge in [0.2, 0.25) is 0 Å². The Labute approximate surface area is 93.1 Å². The van der Waals surface area contributed by atoms with E-state index in [0.717, 1.165) is 0 Å². The third kappa shape index (κ3) is 2.10. The maximum Gasteiger partial charge on any atom is 0.0499 e. The SMILES string of the molecule is CC(S)N1CCC2(CCN(C)CC2)C1. The number of nitrogens with zero attached hydrogens (tertiary/aromatic N) is 2. The van der Waals surface area contributed by atoms with E-state index in [0.29, 0.717) is 10.8 Å². The summed E-state index contributed by atoms with van der Waals surface area (Å²) in [5, 5.41) is 0.439. The molecule has 82 valence electrons. The van der Waals surface area contributed by atoms with Crippen molar-refractivity contribution in [3.8, 4) is 0 Å². The van der Waals surface area contributed by atoms with Crippen molar-refractivity contribution in [3.05, 3.63) is 0 Å². The molecule has 2 heterocycles. The lowest BCUT2D eigenvalue weighted by atomic mass is 9.78. The lowest BCUT2D eigenvalue weighted by Gasteiger charge is -2.38. The Hall–Kier alpha value is 0.270. The number of hydrogen-bond donors (Lipinski definition) is 1. The first-order valence-electron chi connectivity index (χ1n) is 5.72. The zero-order chi connectivity index (χ0) is 10.2. The van der Waals surface area contributed by atoms with E-state index in [4.69, 9.17) is 0 Å². The molecule has 0 amide bonds. The van der Waals surface area contributed by atoms with Crippen molar-refractivity contribution < 1.29 is 0 Å². The first-order valence-corrected chi connectivity index (χ1v) is 6.24.